The largest absolute Gasteiger partial charge is 0.503 e. The Hall–Kier alpha value is -4.00. The summed E-state index contributed by atoms with van der Waals surface area (Å²) in [7, 11) is 3.14. The van der Waals surface area contributed by atoms with Gasteiger partial charge in [0.25, 0.3) is 5.91 Å². The minimum Gasteiger partial charge on any atom is -0.503 e. The molecular weight excluding hydrogens is 446 g/mol. The number of ketones is 1. The predicted octanol–water partition coefficient (Wildman–Crippen LogP) is 5.24. The van der Waals surface area contributed by atoms with E-state index in [0.29, 0.717) is 23.8 Å². The number of hydrogen-bond acceptors (Lipinski definition) is 6. The fourth-order valence-corrected chi connectivity index (χ4v) is 4.35. The topological polar surface area (TPSA) is 89.2 Å². The first-order valence-corrected chi connectivity index (χ1v) is 11.5. The van der Waals surface area contributed by atoms with Gasteiger partial charge in [-0.25, -0.2) is 0 Å². The van der Waals surface area contributed by atoms with Crippen molar-refractivity contribution in [2.24, 2.45) is 0 Å². The van der Waals surface area contributed by atoms with Crippen molar-refractivity contribution in [3.05, 3.63) is 94.6 Å². The number of aliphatic hydroxyl groups is 1. The number of aliphatic hydroxyl groups excluding tert-OH is 1. The molecule has 1 amide bonds. The number of hydrogen-bond donors (Lipinski definition) is 1. The van der Waals surface area contributed by atoms with Crippen LogP contribution in [0.25, 0.3) is 0 Å². The Kier molecular flexibility index (Phi) is 6.96. The summed E-state index contributed by atoms with van der Waals surface area (Å²) in [6, 6.07) is 15.7. The molecule has 0 radical (unpaired) electrons. The van der Waals surface area contributed by atoms with Gasteiger partial charge in [0.05, 0.1) is 32.1 Å². The van der Waals surface area contributed by atoms with Crippen molar-refractivity contribution in [1.82, 2.24) is 4.90 Å². The molecule has 0 bridgehead atoms. The van der Waals surface area contributed by atoms with Gasteiger partial charge in [-0.2, -0.15) is 0 Å². The summed E-state index contributed by atoms with van der Waals surface area (Å²) in [5.41, 5.74) is 2.83. The van der Waals surface area contributed by atoms with Crippen molar-refractivity contribution in [2.75, 3.05) is 20.8 Å². The van der Waals surface area contributed by atoms with E-state index in [1.54, 1.807) is 20.3 Å². The van der Waals surface area contributed by atoms with Gasteiger partial charge in [0.15, 0.2) is 23.0 Å². The summed E-state index contributed by atoms with van der Waals surface area (Å²) >= 11 is 0. The van der Waals surface area contributed by atoms with Gasteiger partial charge in [-0.05, 0) is 53.3 Å². The van der Waals surface area contributed by atoms with E-state index in [1.165, 1.54) is 17.2 Å². The van der Waals surface area contributed by atoms with Crippen molar-refractivity contribution in [1.29, 1.82) is 0 Å². The van der Waals surface area contributed by atoms with Gasteiger partial charge in [0.2, 0.25) is 5.78 Å². The second kappa shape index (κ2) is 10.1. The number of benzene rings is 2. The van der Waals surface area contributed by atoms with Crippen LogP contribution in [-0.4, -0.2) is 42.5 Å². The molecule has 7 nitrogen and oxygen atoms in total. The smallest absolute Gasteiger partial charge is 0.290 e. The molecule has 35 heavy (non-hydrogen) atoms. The van der Waals surface area contributed by atoms with Gasteiger partial charge in [-0.1, -0.05) is 44.2 Å². The predicted molar refractivity (Wildman–Crippen MR) is 131 cm³/mol. The molecule has 1 aromatic heterocycles. The average Bonchev–Trinajstić information content (AvgIpc) is 3.50. The van der Waals surface area contributed by atoms with Crippen LogP contribution in [0.1, 0.15) is 53.1 Å². The number of carbonyl (C=O) groups excluding carboxylic acids is 2. The van der Waals surface area contributed by atoms with E-state index in [1.807, 2.05) is 42.5 Å². The van der Waals surface area contributed by atoms with E-state index >= 15 is 0 Å². The van der Waals surface area contributed by atoms with Crippen LogP contribution in [0.5, 0.6) is 11.5 Å². The first-order valence-electron chi connectivity index (χ1n) is 11.5. The number of rotatable bonds is 9. The fourth-order valence-electron chi connectivity index (χ4n) is 4.35. The summed E-state index contributed by atoms with van der Waals surface area (Å²) in [4.78, 5) is 28.0. The van der Waals surface area contributed by atoms with Gasteiger partial charge < -0.3 is 23.9 Å². The first-order chi connectivity index (χ1) is 16.8. The van der Waals surface area contributed by atoms with Crippen molar-refractivity contribution in [3.63, 3.8) is 0 Å². The van der Waals surface area contributed by atoms with E-state index in [2.05, 4.69) is 13.8 Å². The van der Waals surface area contributed by atoms with Gasteiger partial charge in [0.1, 0.15) is 0 Å². The van der Waals surface area contributed by atoms with Crippen molar-refractivity contribution >= 4 is 11.7 Å². The molecule has 7 heteroatoms. The number of ether oxygens (including phenoxy) is 2. The number of Topliss-reactive ketones (excluding diaryl/α,β-unsaturated/α-hetero) is 1. The molecule has 1 aliphatic heterocycles. The highest BCUT2D eigenvalue weighted by Crippen LogP contribution is 2.39. The van der Waals surface area contributed by atoms with Crippen LogP contribution in [0.2, 0.25) is 0 Å². The highest BCUT2D eigenvalue weighted by Gasteiger charge is 2.44. The Morgan fingerprint density at radius 3 is 2.37 bits per heavy atom. The Morgan fingerprint density at radius 1 is 1.06 bits per heavy atom. The lowest BCUT2D eigenvalue weighted by atomic mass is 9.92. The molecule has 2 heterocycles. The number of nitrogens with zero attached hydrogens (tertiary/aromatic N) is 1. The van der Waals surface area contributed by atoms with Crippen LogP contribution in [-0.2, 0) is 11.2 Å². The maximum absolute atomic E-state index is 13.3. The van der Waals surface area contributed by atoms with Gasteiger partial charge in [-0.15, -0.1) is 0 Å². The minimum atomic E-state index is -0.735. The van der Waals surface area contributed by atoms with E-state index in [4.69, 9.17) is 13.9 Å². The Balaban J connectivity index is 1.68. The van der Waals surface area contributed by atoms with E-state index in [0.717, 1.165) is 16.7 Å². The summed E-state index contributed by atoms with van der Waals surface area (Å²) in [6.45, 7) is 4.48. The molecule has 0 aliphatic carbocycles. The first kappa shape index (κ1) is 24.1. The Labute approximate surface area is 204 Å². The molecule has 2 aromatic carbocycles. The van der Waals surface area contributed by atoms with Crippen LogP contribution in [0.4, 0.5) is 0 Å². The highest BCUT2D eigenvalue weighted by molar-refractivity contribution is 6.15. The Bertz CT molecular complexity index is 1240. The molecule has 0 fully saturated rings. The second-order valence-electron chi connectivity index (χ2n) is 8.73. The number of carbonyl (C=O) groups is 2. The van der Waals surface area contributed by atoms with Crippen molar-refractivity contribution < 1.29 is 28.6 Å². The molecular formula is C28H29NO6. The molecule has 1 aliphatic rings. The molecule has 0 saturated carbocycles. The van der Waals surface area contributed by atoms with Crippen molar-refractivity contribution in [2.45, 2.75) is 32.2 Å². The van der Waals surface area contributed by atoms with Crippen LogP contribution in [0, 0.1) is 0 Å². The highest BCUT2D eigenvalue weighted by atomic mass is 16.5. The third-order valence-corrected chi connectivity index (χ3v) is 6.30. The molecule has 1 N–H and O–H groups in total. The zero-order chi connectivity index (χ0) is 25.1. The third-order valence-electron chi connectivity index (χ3n) is 6.30. The van der Waals surface area contributed by atoms with Crippen LogP contribution in [0.15, 0.2) is 76.6 Å². The average molecular weight is 476 g/mol. The molecule has 0 saturated heterocycles. The molecule has 0 spiro atoms. The van der Waals surface area contributed by atoms with Gasteiger partial charge in [0, 0.05) is 6.54 Å². The zero-order valence-electron chi connectivity index (χ0n) is 20.3. The quantitative estimate of drug-likeness (QED) is 0.426. The van der Waals surface area contributed by atoms with Crippen LogP contribution in [0.3, 0.4) is 0 Å². The normalized spacial score (nSPS) is 15.7. The standard InChI is InChI=1S/C28H29NO6/c1-17(2)19-8-10-20(11-9-19)25-24(26(30)22-6-5-15-35-22)27(31)28(32)29(25)14-13-18-7-12-21(33-3)23(16-18)34-4/h5-12,15-17,25,31H,13-14H2,1-4H3. The summed E-state index contributed by atoms with van der Waals surface area (Å²) < 4.78 is 16.0. The van der Waals surface area contributed by atoms with Crippen LogP contribution >= 0.6 is 0 Å². The molecule has 1 unspecified atom stereocenters. The van der Waals surface area contributed by atoms with E-state index in [-0.39, 0.29) is 17.9 Å². The number of amides is 1. The maximum atomic E-state index is 13.3. The molecule has 3 aromatic rings. The number of furan rings is 1. The van der Waals surface area contributed by atoms with E-state index in [9.17, 15) is 14.7 Å². The third kappa shape index (κ3) is 4.67. The lowest BCUT2D eigenvalue weighted by molar-refractivity contribution is -0.129. The van der Waals surface area contributed by atoms with Crippen LogP contribution < -0.4 is 9.47 Å². The SMILES string of the molecule is COc1ccc(CCN2C(=O)C(O)=C(C(=O)c3ccco3)C2c2ccc(C(C)C)cc2)cc1OC. The summed E-state index contributed by atoms with van der Waals surface area (Å²) in [5.74, 6) is -0.0219. The monoisotopic (exact) mass is 475 g/mol. The summed E-state index contributed by atoms with van der Waals surface area (Å²) in [5, 5.41) is 10.8. The van der Waals surface area contributed by atoms with Crippen molar-refractivity contribution in [3.8, 4) is 11.5 Å². The zero-order valence-corrected chi connectivity index (χ0v) is 20.3. The maximum Gasteiger partial charge on any atom is 0.290 e. The van der Waals surface area contributed by atoms with E-state index < -0.39 is 23.5 Å². The lowest BCUT2D eigenvalue weighted by Gasteiger charge is -2.27. The molecule has 182 valence electrons. The lowest BCUT2D eigenvalue weighted by Crippen LogP contribution is -2.33. The summed E-state index contributed by atoms with van der Waals surface area (Å²) in [6.07, 6.45) is 1.88. The number of methoxy groups -OCH3 is 2. The minimum absolute atomic E-state index is 0.0227. The Morgan fingerprint density at radius 2 is 1.77 bits per heavy atom. The second-order valence-corrected chi connectivity index (χ2v) is 8.73. The fraction of sp³-hybridized carbons (Fsp3) is 0.286. The molecule has 4 rings (SSSR count). The van der Waals surface area contributed by atoms with Gasteiger partial charge in [-0.3, -0.25) is 9.59 Å². The van der Waals surface area contributed by atoms with Gasteiger partial charge >= 0.3 is 0 Å². The molecule has 1 atom stereocenters.